The largest absolute Gasteiger partial charge is 0.483 e. The van der Waals surface area contributed by atoms with E-state index < -0.39 is 0 Å². The van der Waals surface area contributed by atoms with E-state index in [0.29, 0.717) is 0 Å². The van der Waals surface area contributed by atoms with Crippen molar-refractivity contribution in [1.82, 2.24) is 10.2 Å². The summed E-state index contributed by atoms with van der Waals surface area (Å²) in [6.07, 6.45) is 0.944. The van der Waals surface area contributed by atoms with Crippen LogP contribution in [0.5, 0.6) is 5.75 Å². The number of ether oxygens (including phenoxy) is 1. The van der Waals surface area contributed by atoms with Crippen LogP contribution in [-0.4, -0.2) is 56.2 Å². The number of hydrogen-bond donors (Lipinski definition) is 1. The highest BCUT2D eigenvalue weighted by Gasteiger charge is 2.18. The molecular weight excluding hydrogens is 374 g/mol. The Morgan fingerprint density at radius 1 is 1.03 bits per heavy atom. The summed E-state index contributed by atoms with van der Waals surface area (Å²) in [5.41, 5.74) is 4.80. The minimum atomic E-state index is -0.0623. The summed E-state index contributed by atoms with van der Waals surface area (Å²) >= 11 is 0. The highest BCUT2D eigenvalue weighted by Crippen LogP contribution is 2.19. The quantitative estimate of drug-likeness (QED) is 0.722. The van der Waals surface area contributed by atoms with E-state index in [1.165, 1.54) is 11.3 Å². The van der Waals surface area contributed by atoms with Crippen LogP contribution in [0.4, 0.5) is 5.69 Å². The third-order valence-electron chi connectivity index (χ3n) is 5.73. The number of amides is 1. The van der Waals surface area contributed by atoms with E-state index in [0.717, 1.165) is 56.0 Å². The first kappa shape index (κ1) is 22.2. The molecule has 5 heteroatoms. The SMILES string of the molecule is Cc1cccc(N2CCN(CCC(C)NC(=O)COc3cc(C)ccc3C)CC2)c1. The molecule has 5 nitrogen and oxygen atoms in total. The Bertz CT molecular complexity index is 844. The van der Waals surface area contributed by atoms with E-state index >= 15 is 0 Å². The lowest BCUT2D eigenvalue weighted by Gasteiger charge is -2.36. The zero-order valence-electron chi connectivity index (χ0n) is 18.8. The van der Waals surface area contributed by atoms with Crippen LogP contribution in [0.2, 0.25) is 0 Å². The van der Waals surface area contributed by atoms with Crippen LogP contribution in [0.15, 0.2) is 42.5 Å². The standard InChI is InChI=1S/C25H35N3O2/c1-19-6-5-7-23(16-19)28-14-12-27(13-15-28)11-10-22(4)26-25(29)18-30-24-17-20(2)8-9-21(24)3/h5-9,16-17,22H,10-15,18H2,1-4H3,(H,26,29). The summed E-state index contributed by atoms with van der Waals surface area (Å²) in [6.45, 7) is 13.5. The van der Waals surface area contributed by atoms with Crippen molar-refractivity contribution in [2.45, 2.75) is 40.2 Å². The maximum Gasteiger partial charge on any atom is 0.258 e. The van der Waals surface area contributed by atoms with Crippen molar-refractivity contribution in [3.63, 3.8) is 0 Å². The second kappa shape index (κ2) is 10.5. The molecule has 1 heterocycles. The molecule has 162 valence electrons. The second-order valence-corrected chi connectivity index (χ2v) is 8.48. The molecule has 3 rings (SSSR count). The van der Waals surface area contributed by atoms with Crippen molar-refractivity contribution in [3.05, 3.63) is 59.2 Å². The monoisotopic (exact) mass is 409 g/mol. The van der Waals surface area contributed by atoms with Crippen LogP contribution in [-0.2, 0) is 4.79 Å². The Morgan fingerprint density at radius 2 is 1.77 bits per heavy atom. The van der Waals surface area contributed by atoms with E-state index in [2.05, 4.69) is 53.2 Å². The van der Waals surface area contributed by atoms with E-state index in [1.54, 1.807) is 0 Å². The van der Waals surface area contributed by atoms with Crippen LogP contribution in [0.3, 0.4) is 0 Å². The molecule has 1 aliphatic heterocycles. The van der Waals surface area contributed by atoms with Crippen LogP contribution in [0, 0.1) is 20.8 Å². The lowest BCUT2D eigenvalue weighted by atomic mass is 10.1. The lowest BCUT2D eigenvalue weighted by Crippen LogP contribution is -2.47. The van der Waals surface area contributed by atoms with Gasteiger partial charge < -0.3 is 15.0 Å². The number of carbonyl (C=O) groups is 1. The van der Waals surface area contributed by atoms with Gasteiger partial charge in [0.2, 0.25) is 0 Å². The van der Waals surface area contributed by atoms with Gasteiger partial charge in [-0.15, -0.1) is 0 Å². The normalized spacial score (nSPS) is 15.7. The zero-order valence-corrected chi connectivity index (χ0v) is 18.8. The maximum absolute atomic E-state index is 12.2. The van der Waals surface area contributed by atoms with Crippen molar-refractivity contribution >= 4 is 11.6 Å². The highest BCUT2D eigenvalue weighted by molar-refractivity contribution is 5.77. The fourth-order valence-corrected chi connectivity index (χ4v) is 3.83. The molecule has 0 aromatic heterocycles. The van der Waals surface area contributed by atoms with Gasteiger partial charge in [0.15, 0.2) is 6.61 Å². The van der Waals surface area contributed by atoms with Crippen molar-refractivity contribution in [3.8, 4) is 5.75 Å². The van der Waals surface area contributed by atoms with Crippen molar-refractivity contribution < 1.29 is 9.53 Å². The van der Waals surface area contributed by atoms with E-state index in [9.17, 15) is 4.79 Å². The first-order valence-corrected chi connectivity index (χ1v) is 10.9. The first-order valence-electron chi connectivity index (χ1n) is 10.9. The molecule has 0 bridgehead atoms. The topological polar surface area (TPSA) is 44.8 Å². The second-order valence-electron chi connectivity index (χ2n) is 8.48. The summed E-state index contributed by atoms with van der Waals surface area (Å²) in [5, 5.41) is 3.06. The van der Waals surface area contributed by atoms with Gasteiger partial charge >= 0.3 is 0 Å². The Kier molecular flexibility index (Phi) is 7.75. The molecule has 1 atom stereocenters. The molecule has 0 radical (unpaired) electrons. The Morgan fingerprint density at radius 3 is 2.50 bits per heavy atom. The van der Waals surface area contributed by atoms with Crippen molar-refractivity contribution in [2.24, 2.45) is 0 Å². The van der Waals surface area contributed by atoms with Gasteiger partial charge in [0.25, 0.3) is 5.91 Å². The Hall–Kier alpha value is -2.53. The maximum atomic E-state index is 12.2. The molecule has 0 spiro atoms. The molecule has 1 unspecified atom stereocenters. The number of nitrogens with zero attached hydrogens (tertiary/aromatic N) is 2. The predicted molar refractivity (Wildman–Crippen MR) is 123 cm³/mol. The summed E-state index contributed by atoms with van der Waals surface area (Å²) < 4.78 is 5.71. The van der Waals surface area contributed by atoms with Gasteiger partial charge in [-0.05, 0) is 69.0 Å². The molecule has 0 aliphatic carbocycles. The van der Waals surface area contributed by atoms with E-state index in [4.69, 9.17) is 4.74 Å². The number of hydrogen-bond acceptors (Lipinski definition) is 4. The molecule has 2 aromatic carbocycles. The number of anilines is 1. The molecule has 1 saturated heterocycles. The number of rotatable bonds is 8. The number of benzene rings is 2. The summed E-state index contributed by atoms with van der Waals surface area (Å²) in [6, 6.07) is 14.9. The summed E-state index contributed by atoms with van der Waals surface area (Å²) in [7, 11) is 0. The zero-order chi connectivity index (χ0) is 21.5. The molecule has 1 amide bonds. The molecule has 1 aliphatic rings. The van der Waals surface area contributed by atoms with Gasteiger partial charge in [-0.3, -0.25) is 9.69 Å². The molecule has 0 saturated carbocycles. The average molecular weight is 410 g/mol. The third kappa shape index (κ3) is 6.49. The van der Waals surface area contributed by atoms with E-state index in [-0.39, 0.29) is 18.6 Å². The van der Waals surface area contributed by atoms with Gasteiger partial charge in [-0.2, -0.15) is 0 Å². The van der Waals surface area contributed by atoms with E-state index in [1.807, 2.05) is 32.0 Å². The molecule has 30 heavy (non-hydrogen) atoms. The van der Waals surface area contributed by atoms with Gasteiger partial charge in [0, 0.05) is 44.5 Å². The van der Waals surface area contributed by atoms with Crippen molar-refractivity contribution in [1.29, 1.82) is 0 Å². The third-order valence-corrected chi connectivity index (χ3v) is 5.73. The average Bonchev–Trinajstić information content (AvgIpc) is 2.73. The van der Waals surface area contributed by atoms with Crippen molar-refractivity contribution in [2.75, 3.05) is 44.2 Å². The fraction of sp³-hybridized carbons (Fsp3) is 0.480. The molecule has 2 aromatic rings. The number of carbonyl (C=O) groups excluding carboxylic acids is 1. The van der Waals surface area contributed by atoms with Gasteiger partial charge in [0.1, 0.15) is 5.75 Å². The van der Waals surface area contributed by atoms with Crippen LogP contribution < -0.4 is 15.0 Å². The molecule has 1 N–H and O–H groups in total. The Labute approximate surface area is 181 Å². The fourth-order valence-electron chi connectivity index (χ4n) is 3.83. The van der Waals surface area contributed by atoms with Crippen LogP contribution in [0.25, 0.3) is 0 Å². The predicted octanol–water partition coefficient (Wildman–Crippen LogP) is 3.71. The minimum Gasteiger partial charge on any atom is -0.483 e. The number of aryl methyl sites for hydroxylation is 3. The van der Waals surface area contributed by atoms with Gasteiger partial charge in [0.05, 0.1) is 0 Å². The van der Waals surface area contributed by atoms with Gasteiger partial charge in [-0.1, -0.05) is 24.3 Å². The number of piperazine rings is 1. The Balaban J connectivity index is 1.35. The smallest absolute Gasteiger partial charge is 0.258 e. The van der Waals surface area contributed by atoms with Gasteiger partial charge in [-0.25, -0.2) is 0 Å². The molecular formula is C25H35N3O2. The lowest BCUT2D eigenvalue weighted by molar-refractivity contribution is -0.123. The first-order chi connectivity index (χ1) is 14.4. The van der Waals surface area contributed by atoms with Crippen LogP contribution >= 0.6 is 0 Å². The summed E-state index contributed by atoms with van der Waals surface area (Å²) in [4.78, 5) is 17.2. The molecule has 1 fully saturated rings. The minimum absolute atomic E-state index is 0.0593. The summed E-state index contributed by atoms with van der Waals surface area (Å²) in [5.74, 6) is 0.719. The van der Waals surface area contributed by atoms with Crippen LogP contribution in [0.1, 0.15) is 30.0 Å². The number of nitrogens with one attached hydrogen (secondary N) is 1. The highest BCUT2D eigenvalue weighted by atomic mass is 16.5.